The number of benzene rings is 2. The van der Waals surface area contributed by atoms with E-state index in [1.54, 1.807) is 30.3 Å². The molecule has 0 atom stereocenters. The molecule has 0 fully saturated rings. The van der Waals surface area contributed by atoms with Crippen LogP contribution < -0.4 is 4.90 Å². The Hall–Kier alpha value is -1.65. The van der Waals surface area contributed by atoms with E-state index in [9.17, 15) is 9.59 Å². The number of rotatable bonds is 2. The highest BCUT2D eigenvalue weighted by molar-refractivity contribution is 9.10. The van der Waals surface area contributed by atoms with Crippen molar-refractivity contribution < 1.29 is 9.59 Å². The molecule has 0 saturated heterocycles. The SMILES string of the molecule is O=C1C(=O)N(Cc2ccc(Cl)cc2)c2cc(Br)ccc21. The van der Waals surface area contributed by atoms with Crippen LogP contribution in [0, 0.1) is 0 Å². The maximum atomic E-state index is 12.1. The first-order valence-corrected chi connectivity index (χ1v) is 7.13. The van der Waals surface area contributed by atoms with Gasteiger partial charge in [0.1, 0.15) is 0 Å². The van der Waals surface area contributed by atoms with Gasteiger partial charge in [0.25, 0.3) is 11.7 Å². The molecule has 3 nitrogen and oxygen atoms in total. The lowest BCUT2D eigenvalue weighted by Crippen LogP contribution is -2.29. The first kappa shape index (κ1) is 13.3. The third-order valence-electron chi connectivity index (χ3n) is 3.19. The Morgan fingerprint density at radius 1 is 1.05 bits per heavy atom. The van der Waals surface area contributed by atoms with E-state index < -0.39 is 11.7 Å². The summed E-state index contributed by atoms with van der Waals surface area (Å²) in [5, 5.41) is 0.640. The number of anilines is 1. The van der Waals surface area contributed by atoms with E-state index in [4.69, 9.17) is 11.6 Å². The van der Waals surface area contributed by atoms with E-state index in [-0.39, 0.29) is 0 Å². The lowest BCUT2D eigenvalue weighted by molar-refractivity contribution is -0.114. The standard InChI is InChI=1S/C15H9BrClNO2/c16-10-3-6-12-13(7-10)18(15(20)14(12)19)8-9-1-4-11(17)5-2-9/h1-7H,8H2. The fourth-order valence-electron chi connectivity index (χ4n) is 2.20. The average molecular weight is 351 g/mol. The molecule has 2 aromatic carbocycles. The number of amides is 1. The van der Waals surface area contributed by atoms with Gasteiger partial charge in [-0.15, -0.1) is 0 Å². The Morgan fingerprint density at radius 3 is 2.45 bits per heavy atom. The summed E-state index contributed by atoms with van der Waals surface area (Å²) in [6.45, 7) is 0.352. The zero-order valence-corrected chi connectivity index (χ0v) is 12.6. The summed E-state index contributed by atoms with van der Waals surface area (Å²) in [6.07, 6.45) is 0. The van der Waals surface area contributed by atoms with Gasteiger partial charge >= 0.3 is 0 Å². The highest BCUT2D eigenvalue weighted by atomic mass is 79.9. The number of ketones is 1. The largest absolute Gasteiger partial charge is 0.300 e. The predicted molar refractivity (Wildman–Crippen MR) is 81.1 cm³/mol. The van der Waals surface area contributed by atoms with Gasteiger partial charge in [-0.25, -0.2) is 0 Å². The van der Waals surface area contributed by atoms with Gasteiger partial charge in [-0.1, -0.05) is 39.7 Å². The molecule has 2 aromatic rings. The van der Waals surface area contributed by atoms with Gasteiger partial charge in [0.2, 0.25) is 0 Å². The third-order valence-corrected chi connectivity index (χ3v) is 3.93. The fraction of sp³-hybridized carbons (Fsp3) is 0.0667. The second kappa shape index (κ2) is 5.04. The van der Waals surface area contributed by atoms with Crippen LogP contribution in [0.3, 0.4) is 0 Å². The van der Waals surface area contributed by atoms with E-state index in [1.165, 1.54) is 4.90 Å². The second-order valence-electron chi connectivity index (χ2n) is 4.51. The molecule has 0 bridgehead atoms. The first-order chi connectivity index (χ1) is 9.56. The highest BCUT2D eigenvalue weighted by Crippen LogP contribution is 2.32. The van der Waals surface area contributed by atoms with Crippen LogP contribution in [0.5, 0.6) is 0 Å². The summed E-state index contributed by atoms with van der Waals surface area (Å²) in [7, 11) is 0. The summed E-state index contributed by atoms with van der Waals surface area (Å²) in [4.78, 5) is 25.5. The van der Waals surface area contributed by atoms with Crippen molar-refractivity contribution in [2.45, 2.75) is 6.54 Å². The molecule has 0 spiro atoms. The van der Waals surface area contributed by atoms with Gasteiger partial charge in [0, 0.05) is 9.50 Å². The van der Waals surface area contributed by atoms with Crippen LogP contribution in [0.25, 0.3) is 0 Å². The normalized spacial score (nSPS) is 13.8. The highest BCUT2D eigenvalue weighted by Gasteiger charge is 2.35. The van der Waals surface area contributed by atoms with Crippen molar-refractivity contribution in [2.24, 2.45) is 0 Å². The summed E-state index contributed by atoms with van der Waals surface area (Å²) in [5.41, 5.74) is 2.01. The number of carbonyl (C=O) groups excluding carboxylic acids is 2. The summed E-state index contributed by atoms with van der Waals surface area (Å²) < 4.78 is 0.833. The topological polar surface area (TPSA) is 37.4 Å². The number of nitrogens with zero attached hydrogens (tertiary/aromatic N) is 1. The van der Waals surface area contributed by atoms with Crippen LogP contribution in [0.4, 0.5) is 5.69 Å². The minimum absolute atomic E-state index is 0.352. The van der Waals surface area contributed by atoms with E-state index in [0.29, 0.717) is 22.8 Å². The van der Waals surface area contributed by atoms with Crippen molar-refractivity contribution in [3.05, 3.63) is 63.1 Å². The van der Waals surface area contributed by atoms with Gasteiger partial charge in [-0.2, -0.15) is 0 Å². The number of hydrogen-bond acceptors (Lipinski definition) is 2. The Balaban J connectivity index is 1.98. The number of Topliss-reactive ketones (excluding diaryl/α,β-unsaturated/α-hetero) is 1. The van der Waals surface area contributed by atoms with E-state index in [1.807, 2.05) is 12.1 Å². The summed E-state index contributed by atoms with van der Waals surface area (Å²) >= 11 is 9.20. The van der Waals surface area contributed by atoms with Gasteiger partial charge < -0.3 is 4.90 Å². The van der Waals surface area contributed by atoms with Gasteiger partial charge in [0.15, 0.2) is 0 Å². The molecule has 1 heterocycles. The predicted octanol–water partition coefficient (Wildman–Crippen LogP) is 3.83. The third kappa shape index (κ3) is 2.25. The number of hydrogen-bond donors (Lipinski definition) is 0. The molecule has 0 radical (unpaired) electrons. The average Bonchev–Trinajstić information content (AvgIpc) is 2.66. The maximum absolute atomic E-state index is 12.1. The molecule has 0 saturated carbocycles. The van der Waals surface area contributed by atoms with Crippen molar-refractivity contribution >= 4 is 44.9 Å². The lowest BCUT2D eigenvalue weighted by atomic mass is 10.1. The molecular formula is C15H9BrClNO2. The number of carbonyl (C=O) groups is 2. The minimum Gasteiger partial charge on any atom is -0.300 e. The molecule has 20 heavy (non-hydrogen) atoms. The molecule has 3 rings (SSSR count). The van der Waals surface area contributed by atoms with Crippen molar-refractivity contribution in [3.63, 3.8) is 0 Å². The number of fused-ring (bicyclic) bond motifs is 1. The Kier molecular flexibility index (Phi) is 3.36. The van der Waals surface area contributed by atoms with Crippen molar-refractivity contribution in [1.82, 2.24) is 0 Å². The van der Waals surface area contributed by atoms with Crippen LogP contribution in [0.2, 0.25) is 5.02 Å². The van der Waals surface area contributed by atoms with Crippen LogP contribution >= 0.6 is 27.5 Å². The van der Waals surface area contributed by atoms with Gasteiger partial charge in [0.05, 0.1) is 17.8 Å². The summed E-state index contributed by atoms with van der Waals surface area (Å²) in [6, 6.07) is 12.4. The minimum atomic E-state index is -0.493. The molecular weight excluding hydrogens is 342 g/mol. The maximum Gasteiger partial charge on any atom is 0.299 e. The summed E-state index contributed by atoms with van der Waals surface area (Å²) in [5.74, 6) is -0.950. The van der Waals surface area contributed by atoms with Gasteiger partial charge in [-0.05, 0) is 35.9 Å². The molecule has 100 valence electrons. The molecule has 0 unspecified atom stereocenters. The van der Waals surface area contributed by atoms with E-state index in [2.05, 4.69) is 15.9 Å². The zero-order chi connectivity index (χ0) is 14.3. The Morgan fingerprint density at radius 2 is 1.75 bits per heavy atom. The Bertz CT molecular complexity index is 712. The molecule has 1 aliphatic rings. The smallest absolute Gasteiger partial charge is 0.299 e. The molecule has 5 heteroatoms. The molecule has 1 amide bonds. The van der Waals surface area contributed by atoms with Crippen LogP contribution in [-0.2, 0) is 11.3 Å². The van der Waals surface area contributed by atoms with Crippen LogP contribution in [0.1, 0.15) is 15.9 Å². The molecule has 0 aliphatic carbocycles. The van der Waals surface area contributed by atoms with E-state index >= 15 is 0 Å². The molecule has 0 N–H and O–H groups in total. The Labute approximate surface area is 129 Å². The van der Waals surface area contributed by atoms with Crippen molar-refractivity contribution in [2.75, 3.05) is 4.90 Å². The molecule has 1 aliphatic heterocycles. The second-order valence-corrected chi connectivity index (χ2v) is 5.86. The van der Waals surface area contributed by atoms with E-state index in [0.717, 1.165) is 10.0 Å². The zero-order valence-electron chi connectivity index (χ0n) is 10.3. The first-order valence-electron chi connectivity index (χ1n) is 5.96. The lowest BCUT2D eigenvalue weighted by Gasteiger charge is -2.16. The van der Waals surface area contributed by atoms with Gasteiger partial charge in [-0.3, -0.25) is 9.59 Å². The van der Waals surface area contributed by atoms with Crippen LogP contribution in [0.15, 0.2) is 46.9 Å². The number of halogens is 2. The monoisotopic (exact) mass is 349 g/mol. The van der Waals surface area contributed by atoms with Crippen molar-refractivity contribution in [3.8, 4) is 0 Å². The van der Waals surface area contributed by atoms with Crippen LogP contribution in [-0.4, -0.2) is 11.7 Å². The van der Waals surface area contributed by atoms with Crippen molar-refractivity contribution in [1.29, 1.82) is 0 Å². The fourth-order valence-corrected chi connectivity index (χ4v) is 2.67. The molecule has 0 aromatic heterocycles. The quantitative estimate of drug-likeness (QED) is 0.772.